The number of nitrogens with two attached hydrogens (primary N) is 1. The second-order valence-electron chi connectivity index (χ2n) is 5.49. The molecular weight excluding hydrogens is 217 g/mol. The molecule has 96 valence electrons. The number of aliphatic hydroxyl groups excluding tert-OH is 1. The van der Waals surface area contributed by atoms with Crippen LogP contribution in [0.2, 0.25) is 0 Å². The van der Waals surface area contributed by atoms with E-state index in [1.54, 1.807) is 6.07 Å². The van der Waals surface area contributed by atoms with E-state index in [2.05, 4.69) is 0 Å². The Hall–Kier alpha value is -0.930. The minimum absolute atomic E-state index is 0.166. The molecule has 1 unspecified atom stereocenters. The van der Waals surface area contributed by atoms with Gasteiger partial charge < -0.3 is 10.8 Å². The fourth-order valence-corrected chi connectivity index (χ4v) is 1.75. The number of halogens is 1. The smallest absolute Gasteiger partial charge is 0.126 e. The molecular formula is C14H22FNO. The molecule has 3 heteroatoms. The summed E-state index contributed by atoms with van der Waals surface area (Å²) in [5.74, 6) is -0.166. The first-order valence-electron chi connectivity index (χ1n) is 6.01. The zero-order chi connectivity index (χ0) is 13.1. The van der Waals surface area contributed by atoms with Crippen LogP contribution in [0.15, 0.2) is 18.2 Å². The third kappa shape index (κ3) is 4.10. The number of rotatable bonds is 4. The van der Waals surface area contributed by atoms with Crippen molar-refractivity contribution in [2.45, 2.75) is 45.1 Å². The lowest BCUT2D eigenvalue weighted by Gasteiger charge is -2.21. The molecule has 0 saturated carbocycles. The summed E-state index contributed by atoms with van der Waals surface area (Å²) in [6.07, 6.45) is 0.867. The van der Waals surface area contributed by atoms with Gasteiger partial charge in [0.1, 0.15) is 5.82 Å². The topological polar surface area (TPSA) is 46.2 Å². The second-order valence-corrected chi connectivity index (χ2v) is 5.49. The van der Waals surface area contributed by atoms with Crippen LogP contribution in [0.4, 0.5) is 4.39 Å². The van der Waals surface area contributed by atoms with Crippen LogP contribution >= 0.6 is 0 Å². The molecule has 2 nitrogen and oxygen atoms in total. The average molecular weight is 239 g/mol. The van der Waals surface area contributed by atoms with Crippen molar-refractivity contribution in [2.75, 3.05) is 6.54 Å². The quantitative estimate of drug-likeness (QED) is 0.847. The Morgan fingerprint density at radius 3 is 2.53 bits per heavy atom. The van der Waals surface area contributed by atoms with Crippen LogP contribution in [0.5, 0.6) is 0 Å². The largest absolute Gasteiger partial charge is 0.392 e. The van der Waals surface area contributed by atoms with Crippen LogP contribution in [0.25, 0.3) is 0 Å². The molecule has 3 N–H and O–H groups in total. The zero-order valence-corrected chi connectivity index (χ0v) is 10.8. The minimum atomic E-state index is -0.474. The summed E-state index contributed by atoms with van der Waals surface area (Å²) in [5.41, 5.74) is 6.91. The van der Waals surface area contributed by atoms with Crippen LogP contribution < -0.4 is 5.73 Å². The van der Waals surface area contributed by atoms with Gasteiger partial charge in [0.2, 0.25) is 0 Å². The van der Waals surface area contributed by atoms with Crippen LogP contribution in [-0.2, 0) is 11.8 Å². The molecule has 1 rings (SSSR count). The van der Waals surface area contributed by atoms with Gasteiger partial charge in [0.25, 0.3) is 0 Å². The third-order valence-electron chi connectivity index (χ3n) is 2.88. The van der Waals surface area contributed by atoms with Gasteiger partial charge in [-0.15, -0.1) is 0 Å². The Morgan fingerprint density at radius 1 is 1.35 bits per heavy atom. The number of hydrogen-bond donors (Lipinski definition) is 2. The number of hydrogen-bond acceptors (Lipinski definition) is 2. The Bertz CT molecular complexity index is 371. The van der Waals surface area contributed by atoms with E-state index in [4.69, 9.17) is 5.73 Å². The highest BCUT2D eigenvalue weighted by atomic mass is 19.1. The lowest BCUT2D eigenvalue weighted by Crippen LogP contribution is -2.20. The minimum Gasteiger partial charge on any atom is -0.392 e. The highest BCUT2D eigenvalue weighted by molar-refractivity contribution is 5.30. The molecule has 0 fully saturated rings. The van der Waals surface area contributed by atoms with Crippen molar-refractivity contribution in [3.8, 4) is 0 Å². The lowest BCUT2D eigenvalue weighted by atomic mass is 9.85. The molecule has 0 saturated heterocycles. The highest BCUT2D eigenvalue weighted by Gasteiger charge is 2.18. The molecule has 17 heavy (non-hydrogen) atoms. The van der Waals surface area contributed by atoms with Crippen molar-refractivity contribution in [1.82, 2.24) is 0 Å². The number of benzene rings is 1. The van der Waals surface area contributed by atoms with E-state index in [0.717, 1.165) is 17.5 Å². The molecule has 1 aromatic carbocycles. The van der Waals surface area contributed by atoms with E-state index in [0.29, 0.717) is 6.42 Å². The van der Waals surface area contributed by atoms with Crippen LogP contribution in [0, 0.1) is 5.82 Å². The molecule has 0 aliphatic heterocycles. The van der Waals surface area contributed by atoms with Crippen molar-refractivity contribution in [3.05, 3.63) is 35.1 Å². The normalized spacial score (nSPS) is 13.8. The standard InChI is InChI=1S/C14H22FNO/c1-14(2,3)12-8-10(5-7-13(12)15)4-6-11(17)9-16/h5,7-8,11,17H,4,6,9,16H2,1-3H3. The molecule has 0 bridgehead atoms. The van der Waals surface area contributed by atoms with Gasteiger partial charge in [-0.2, -0.15) is 0 Å². The molecule has 0 aliphatic carbocycles. The van der Waals surface area contributed by atoms with Gasteiger partial charge in [0, 0.05) is 6.54 Å². The fourth-order valence-electron chi connectivity index (χ4n) is 1.75. The van der Waals surface area contributed by atoms with E-state index in [9.17, 15) is 9.50 Å². The maximum atomic E-state index is 13.7. The van der Waals surface area contributed by atoms with Crippen molar-refractivity contribution in [2.24, 2.45) is 5.73 Å². The predicted octanol–water partition coefficient (Wildman–Crippen LogP) is 2.38. The molecule has 0 heterocycles. The van der Waals surface area contributed by atoms with E-state index in [-0.39, 0.29) is 17.8 Å². The molecule has 0 aromatic heterocycles. The first-order valence-corrected chi connectivity index (χ1v) is 6.01. The van der Waals surface area contributed by atoms with Gasteiger partial charge in [-0.25, -0.2) is 4.39 Å². The summed E-state index contributed by atoms with van der Waals surface area (Å²) in [4.78, 5) is 0. The van der Waals surface area contributed by atoms with Crippen LogP contribution in [0.3, 0.4) is 0 Å². The van der Waals surface area contributed by atoms with E-state index in [1.165, 1.54) is 6.07 Å². The zero-order valence-electron chi connectivity index (χ0n) is 10.8. The summed E-state index contributed by atoms with van der Waals surface area (Å²) in [7, 11) is 0. The van der Waals surface area contributed by atoms with Crippen molar-refractivity contribution >= 4 is 0 Å². The van der Waals surface area contributed by atoms with Gasteiger partial charge in [-0.3, -0.25) is 0 Å². The molecule has 0 aliphatic rings. The summed E-state index contributed by atoms with van der Waals surface area (Å²) >= 11 is 0. The summed E-state index contributed by atoms with van der Waals surface area (Å²) < 4.78 is 13.7. The molecule has 1 atom stereocenters. The van der Waals surface area contributed by atoms with E-state index < -0.39 is 6.10 Å². The summed E-state index contributed by atoms with van der Waals surface area (Å²) in [6, 6.07) is 5.16. The van der Waals surface area contributed by atoms with Gasteiger partial charge >= 0.3 is 0 Å². The maximum Gasteiger partial charge on any atom is 0.126 e. The first kappa shape index (κ1) is 14.1. The van der Waals surface area contributed by atoms with Crippen LogP contribution in [-0.4, -0.2) is 17.8 Å². The number of aryl methyl sites for hydroxylation is 1. The molecule has 1 aromatic rings. The van der Waals surface area contributed by atoms with E-state index in [1.807, 2.05) is 26.8 Å². The third-order valence-corrected chi connectivity index (χ3v) is 2.88. The fraction of sp³-hybridized carbons (Fsp3) is 0.571. The van der Waals surface area contributed by atoms with Gasteiger partial charge in [-0.05, 0) is 35.4 Å². The summed E-state index contributed by atoms with van der Waals surface area (Å²) in [5, 5.41) is 9.40. The maximum absolute atomic E-state index is 13.7. The number of aliphatic hydroxyl groups is 1. The SMILES string of the molecule is CC(C)(C)c1cc(CCC(O)CN)ccc1F. The molecule has 0 amide bonds. The second kappa shape index (κ2) is 5.61. The Kier molecular flexibility index (Phi) is 4.66. The predicted molar refractivity (Wildman–Crippen MR) is 68.5 cm³/mol. The van der Waals surface area contributed by atoms with Gasteiger partial charge in [0.15, 0.2) is 0 Å². The van der Waals surface area contributed by atoms with Crippen LogP contribution in [0.1, 0.15) is 38.3 Å². The van der Waals surface area contributed by atoms with Crippen molar-refractivity contribution in [1.29, 1.82) is 0 Å². The van der Waals surface area contributed by atoms with Gasteiger partial charge in [0.05, 0.1) is 6.10 Å². The monoisotopic (exact) mass is 239 g/mol. The lowest BCUT2D eigenvalue weighted by molar-refractivity contribution is 0.173. The van der Waals surface area contributed by atoms with Crippen molar-refractivity contribution in [3.63, 3.8) is 0 Å². The highest BCUT2D eigenvalue weighted by Crippen LogP contribution is 2.26. The molecule has 0 spiro atoms. The Labute approximate surface area is 103 Å². The van der Waals surface area contributed by atoms with E-state index >= 15 is 0 Å². The molecule has 0 radical (unpaired) electrons. The Morgan fingerprint density at radius 2 is 2.00 bits per heavy atom. The average Bonchev–Trinajstić information content (AvgIpc) is 2.26. The first-order chi connectivity index (χ1) is 7.84. The van der Waals surface area contributed by atoms with Crippen molar-refractivity contribution < 1.29 is 9.50 Å². The summed E-state index contributed by atoms with van der Waals surface area (Å²) in [6.45, 7) is 6.24. The Balaban J connectivity index is 2.82. The van der Waals surface area contributed by atoms with Gasteiger partial charge in [-0.1, -0.05) is 32.9 Å².